The number of rotatable bonds is 5. The van der Waals surface area contributed by atoms with E-state index >= 15 is 0 Å². The van der Waals surface area contributed by atoms with Crippen molar-refractivity contribution in [3.05, 3.63) is 23.3 Å². The first-order valence-electron chi connectivity index (χ1n) is 4.27. The van der Waals surface area contributed by atoms with Crippen molar-refractivity contribution in [2.45, 2.75) is 26.7 Å². The minimum Gasteiger partial charge on any atom is -0.478 e. The first-order valence-corrected chi connectivity index (χ1v) is 4.27. The molecule has 0 unspecified atom stereocenters. The van der Waals surface area contributed by atoms with E-state index in [1.807, 2.05) is 0 Å². The Hall–Kier alpha value is -1.58. The number of hydrogen-bond acceptors (Lipinski definition) is 2. The highest BCUT2D eigenvalue weighted by Gasteiger charge is 2.05. The number of carbonyl (C=O) groups is 2. The van der Waals surface area contributed by atoms with Crippen molar-refractivity contribution >= 4 is 11.9 Å². The van der Waals surface area contributed by atoms with Gasteiger partial charge in [-0.3, -0.25) is 0 Å². The highest BCUT2D eigenvalue weighted by atomic mass is 16.4. The maximum atomic E-state index is 10.5. The second-order valence-corrected chi connectivity index (χ2v) is 2.85. The van der Waals surface area contributed by atoms with Gasteiger partial charge in [0.05, 0.1) is 0 Å². The van der Waals surface area contributed by atoms with Crippen LogP contribution in [0.3, 0.4) is 0 Å². The third kappa shape index (κ3) is 4.45. The Morgan fingerprint density at radius 2 is 1.79 bits per heavy atom. The van der Waals surface area contributed by atoms with Gasteiger partial charge in [-0.15, -0.1) is 0 Å². The van der Waals surface area contributed by atoms with Crippen LogP contribution in [0.15, 0.2) is 23.3 Å². The van der Waals surface area contributed by atoms with Crippen molar-refractivity contribution in [3.63, 3.8) is 0 Å². The lowest BCUT2D eigenvalue weighted by Crippen LogP contribution is -2.00. The van der Waals surface area contributed by atoms with Crippen LogP contribution in [0.5, 0.6) is 0 Å². The third-order valence-corrected chi connectivity index (χ3v) is 1.82. The first kappa shape index (κ1) is 12.4. The summed E-state index contributed by atoms with van der Waals surface area (Å²) in [4.78, 5) is 20.9. The number of carboxylic acids is 2. The largest absolute Gasteiger partial charge is 0.478 e. The molecule has 0 fully saturated rings. The van der Waals surface area contributed by atoms with Crippen molar-refractivity contribution in [1.82, 2.24) is 0 Å². The van der Waals surface area contributed by atoms with E-state index in [-0.39, 0.29) is 5.57 Å². The summed E-state index contributed by atoms with van der Waals surface area (Å²) in [5.74, 6) is -1.92. The summed E-state index contributed by atoms with van der Waals surface area (Å²) in [5, 5.41) is 17.2. The first-order chi connectivity index (χ1) is 6.49. The second-order valence-electron chi connectivity index (χ2n) is 2.85. The normalized spacial score (nSPS) is 12.7. The molecule has 0 saturated heterocycles. The van der Waals surface area contributed by atoms with Crippen LogP contribution in [0, 0.1) is 0 Å². The predicted molar refractivity (Wildman–Crippen MR) is 52.0 cm³/mol. The minimum absolute atomic E-state index is 0.242. The molecule has 0 amide bonds. The Balaban J connectivity index is 4.14. The molecule has 78 valence electrons. The molecule has 0 aliphatic rings. The number of allylic oxidation sites excluding steroid dienone is 2. The maximum Gasteiger partial charge on any atom is 0.331 e. The Morgan fingerprint density at radius 1 is 1.21 bits per heavy atom. The van der Waals surface area contributed by atoms with E-state index in [1.165, 1.54) is 19.1 Å². The average Bonchev–Trinajstić information content (AvgIpc) is 2.11. The average molecular weight is 198 g/mol. The van der Waals surface area contributed by atoms with Crippen molar-refractivity contribution in [1.29, 1.82) is 0 Å². The Bertz CT molecular complexity index is 286. The number of aliphatic carboxylic acids is 2. The molecule has 0 aliphatic heterocycles. The molecule has 0 aromatic rings. The zero-order valence-corrected chi connectivity index (χ0v) is 8.28. The highest BCUT2D eigenvalue weighted by Crippen LogP contribution is 2.07. The lowest BCUT2D eigenvalue weighted by atomic mass is 10.1. The van der Waals surface area contributed by atoms with Crippen molar-refractivity contribution in [3.8, 4) is 0 Å². The van der Waals surface area contributed by atoms with Crippen LogP contribution < -0.4 is 0 Å². The van der Waals surface area contributed by atoms with Crippen LogP contribution >= 0.6 is 0 Å². The molecule has 0 aromatic carbocycles. The van der Waals surface area contributed by atoms with E-state index in [2.05, 4.69) is 0 Å². The summed E-state index contributed by atoms with van der Waals surface area (Å²) in [7, 11) is 0. The Morgan fingerprint density at radius 3 is 2.14 bits per heavy atom. The lowest BCUT2D eigenvalue weighted by Gasteiger charge is -1.98. The maximum absolute atomic E-state index is 10.5. The SMILES string of the molecule is CC=C(CCC=C(C)C(=O)O)C(=O)O. The fourth-order valence-corrected chi connectivity index (χ4v) is 0.906. The van der Waals surface area contributed by atoms with Gasteiger partial charge in [-0.1, -0.05) is 12.2 Å². The van der Waals surface area contributed by atoms with Gasteiger partial charge >= 0.3 is 11.9 Å². The van der Waals surface area contributed by atoms with E-state index in [9.17, 15) is 9.59 Å². The topological polar surface area (TPSA) is 74.6 Å². The third-order valence-electron chi connectivity index (χ3n) is 1.82. The summed E-state index contributed by atoms with van der Waals surface area (Å²) < 4.78 is 0. The molecule has 0 spiro atoms. The zero-order chi connectivity index (χ0) is 11.1. The summed E-state index contributed by atoms with van der Waals surface area (Å²) in [6.07, 6.45) is 3.83. The zero-order valence-electron chi connectivity index (χ0n) is 8.28. The Labute approximate surface area is 82.6 Å². The summed E-state index contributed by atoms with van der Waals surface area (Å²) in [6, 6.07) is 0. The van der Waals surface area contributed by atoms with Gasteiger partial charge in [-0.25, -0.2) is 9.59 Å². The smallest absolute Gasteiger partial charge is 0.331 e. The lowest BCUT2D eigenvalue weighted by molar-refractivity contribution is -0.133. The van der Waals surface area contributed by atoms with Crippen LogP contribution in [0.25, 0.3) is 0 Å². The monoisotopic (exact) mass is 198 g/mol. The molecule has 0 radical (unpaired) electrons. The van der Waals surface area contributed by atoms with Crippen LogP contribution in [-0.4, -0.2) is 22.2 Å². The standard InChI is InChI=1S/C10H14O4/c1-3-8(10(13)14)6-4-5-7(2)9(11)12/h3,5H,4,6H2,1-2H3,(H,11,12)(H,13,14). The predicted octanol–water partition coefficient (Wildman–Crippen LogP) is 1.83. The van der Waals surface area contributed by atoms with E-state index in [4.69, 9.17) is 10.2 Å². The molecule has 0 rings (SSSR count). The molecule has 4 nitrogen and oxygen atoms in total. The fraction of sp³-hybridized carbons (Fsp3) is 0.400. The van der Waals surface area contributed by atoms with E-state index in [0.717, 1.165) is 0 Å². The van der Waals surface area contributed by atoms with Gasteiger partial charge in [0.25, 0.3) is 0 Å². The van der Waals surface area contributed by atoms with E-state index in [0.29, 0.717) is 18.4 Å². The molecule has 0 heterocycles. The van der Waals surface area contributed by atoms with Gasteiger partial charge in [-0.05, 0) is 26.7 Å². The van der Waals surface area contributed by atoms with Gasteiger partial charge in [0.15, 0.2) is 0 Å². The van der Waals surface area contributed by atoms with Gasteiger partial charge < -0.3 is 10.2 Å². The molecule has 4 heteroatoms. The molecule has 14 heavy (non-hydrogen) atoms. The highest BCUT2D eigenvalue weighted by molar-refractivity contribution is 5.87. The van der Waals surface area contributed by atoms with Gasteiger partial charge in [0, 0.05) is 11.1 Å². The van der Waals surface area contributed by atoms with Crippen LogP contribution in [0.2, 0.25) is 0 Å². The summed E-state index contributed by atoms with van der Waals surface area (Å²) >= 11 is 0. The quantitative estimate of drug-likeness (QED) is 0.661. The van der Waals surface area contributed by atoms with E-state index in [1.54, 1.807) is 6.92 Å². The number of hydrogen-bond donors (Lipinski definition) is 2. The minimum atomic E-state index is -0.970. The molecule has 0 aliphatic carbocycles. The molecular formula is C10H14O4. The van der Waals surface area contributed by atoms with Crippen LogP contribution in [0.4, 0.5) is 0 Å². The molecule has 0 bridgehead atoms. The van der Waals surface area contributed by atoms with Crippen LogP contribution in [-0.2, 0) is 9.59 Å². The van der Waals surface area contributed by atoms with Gasteiger partial charge in [-0.2, -0.15) is 0 Å². The fourth-order valence-electron chi connectivity index (χ4n) is 0.906. The summed E-state index contributed by atoms with van der Waals surface area (Å²) in [5.41, 5.74) is 0.547. The molecule has 0 aromatic heterocycles. The van der Waals surface area contributed by atoms with Gasteiger partial charge in [0.2, 0.25) is 0 Å². The summed E-state index contributed by atoms with van der Waals surface area (Å²) in [6.45, 7) is 3.13. The molecule has 0 atom stereocenters. The van der Waals surface area contributed by atoms with Gasteiger partial charge in [0.1, 0.15) is 0 Å². The van der Waals surface area contributed by atoms with E-state index < -0.39 is 11.9 Å². The molecule has 0 saturated carbocycles. The van der Waals surface area contributed by atoms with Crippen LogP contribution in [0.1, 0.15) is 26.7 Å². The van der Waals surface area contributed by atoms with Crippen molar-refractivity contribution in [2.75, 3.05) is 0 Å². The van der Waals surface area contributed by atoms with Crippen molar-refractivity contribution < 1.29 is 19.8 Å². The van der Waals surface area contributed by atoms with Crippen molar-refractivity contribution in [2.24, 2.45) is 0 Å². The molecular weight excluding hydrogens is 184 g/mol. The Kier molecular flexibility index (Phi) is 5.29. The second kappa shape index (κ2) is 5.96. The molecule has 2 N–H and O–H groups in total. The number of carboxylic acid groups (broad SMARTS) is 2.